The summed E-state index contributed by atoms with van der Waals surface area (Å²) in [5.74, 6) is 0.125. The van der Waals surface area contributed by atoms with Crippen LogP contribution >= 0.6 is 0 Å². The lowest BCUT2D eigenvalue weighted by Crippen LogP contribution is -2.43. The average molecular weight is 384 g/mol. The van der Waals surface area contributed by atoms with Gasteiger partial charge in [0.1, 0.15) is 18.2 Å². The molecule has 1 aliphatic heterocycles. The van der Waals surface area contributed by atoms with Crippen LogP contribution in [0, 0.1) is 17.2 Å². The maximum absolute atomic E-state index is 13.0. The lowest BCUT2D eigenvalue weighted by atomic mass is 9.92. The second-order valence-corrected chi connectivity index (χ2v) is 8.13. The van der Waals surface area contributed by atoms with Crippen molar-refractivity contribution in [2.75, 3.05) is 23.4 Å². The Morgan fingerprint density at radius 2 is 1.89 bits per heavy atom. The zero-order chi connectivity index (χ0) is 20.5. The van der Waals surface area contributed by atoms with Gasteiger partial charge in [0.25, 0.3) is 5.91 Å². The van der Waals surface area contributed by atoms with Gasteiger partial charge in [-0.05, 0) is 56.2 Å². The summed E-state index contributed by atoms with van der Waals surface area (Å²) in [5, 5.41) is 2.79. The molecule has 0 saturated carbocycles. The Morgan fingerprint density at radius 1 is 1.21 bits per heavy atom. The third-order valence-corrected chi connectivity index (χ3v) is 4.58. The number of nitrogens with one attached hydrogen (secondary N) is 1. The summed E-state index contributed by atoms with van der Waals surface area (Å²) >= 11 is 0. The largest absolute Gasteiger partial charge is 0.490 e. The van der Waals surface area contributed by atoms with Crippen LogP contribution < -0.4 is 15.0 Å². The van der Waals surface area contributed by atoms with Gasteiger partial charge in [-0.1, -0.05) is 13.8 Å². The number of anilines is 2. The van der Waals surface area contributed by atoms with Crippen LogP contribution in [0.4, 0.5) is 15.8 Å². The Bertz CT molecular complexity index is 891. The zero-order valence-corrected chi connectivity index (χ0v) is 16.6. The first kappa shape index (κ1) is 19.9. The topological polar surface area (TPSA) is 58.6 Å². The van der Waals surface area contributed by atoms with E-state index >= 15 is 0 Å². The van der Waals surface area contributed by atoms with Crippen LogP contribution in [0.3, 0.4) is 0 Å². The minimum Gasteiger partial charge on any atom is -0.490 e. The second-order valence-electron chi connectivity index (χ2n) is 8.13. The quantitative estimate of drug-likeness (QED) is 0.845. The van der Waals surface area contributed by atoms with Crippen LogP contribution in [0.1, 0.15) is 38.1 Å². The highest BCUT2D eigenvalue weighted by Gasteiger charge is 2.38. The third-order valence-electron chi connectivity index (χ3n) is 4.58. The number of fused-ring (bicyclic) bond motifs is 1. The lowest BCUT2D eigenvalue weighted by Gasteiger charge is -2.29. The number of carbonyl (C=O) groups excluding carboxylic acids is 2. The first-order valence-corrected chi connectivity index (χ1v) is 9.33. The first-order valence-electron chi connectivity index (χ1n) is 9.33. The lowest BCUT2D eigenvalue weighted by molar-refractivity contribution is -0.127. The molecule has 1 N–H and O–H groups in total. The predicted molar refractivity (Wildman–Crippen MR) is 107 cm³/mol. The average Bonchev–Trinajstić information content (AvgIpc) is 2.72. The van der Waals surface area contributed by atoms with E-state index in [1.165, 1.54) is 24.3 Å². The van der Waals surface area contributed by atoms with Crippen molar-refractivity contribution in [2.24, 2.45) is 11.3 Å². The van der Waals surface area contributed by atoms with Gasteiger partial charge in [0.05, 0.1) is 11.1 Å². The molecule has 2 aromatic carbocycles. The first-order chi connectivity index (χ1) is 13.2. The number of ether oxygens (including phenoxy) is 1. The number of hydrogen-bond donors (Lipinski definition) is 1. The van der Waals surface area contributed by atoms with E-state index in [-0.39, 0.29) is 18.4 Å². The molecule has 3 rings (SSSR count). The molecule has 0 bridgehead atoms. The molecule has 1 heterocycles. The summed E-state index contributed by atoms with van der Waals surface area (Å²) in [5.41, 5.74) is 0.953. The summed E-state index contributed by atoms with van der Waals surface area (Å²) in [6.07, 6.45) is 0. The molecule has 148 valence electrons. The summed E-state index contributed by atoms with van der Waals surface area (Å²) in [6.45, 7) is 8.69. The van der Waals surface area contributed by atoms with E-state index in [1.54, 1.807) is 23.1 Å². The molecule has 28 heavy (non-hydrogen) atoms. The van der Waals surface area contributed by atoms with E-state index in [4.69, 9.17) is 4.74 Å². The molecule has 0 aromatic heterocycles. The number of carbonyl (C=O) groups is 2. The molecular weight excluding hydrogens is 359 g/mol. The minimum atomic E-state index is -0.647. The molecule has 0 radical (unpaired) electrons. The number of halogens is 1. The molecule has 0 aliphatic carbocycles. The maximum atomic E-state index is 13.0. The molecule has 0 unspecified atom stereocenters. The van der Waals surface area contributed by atoms with Crippen LogP contribution in [0.25, 0.3) is 0 Å². The predicted octanol–water partition coefficient (Wildman–Crippen LogP) is 4.49. The molecule has 5 nitrogen and oxygen atoms in total. The molecular formula is C22H25FN2O3. The van der Waals surface area contributed by atoms with Crippen molar-refractivity contribution in [2.45, 2.75) is 27.7 Å². The Kier molecular flexibility index (Phi) is 5.40. The van der Waals surface area contributed by atoms with Gasteiger partial charge >= 0.3 is 0 Å². The van der Waals surface area contributed by atoms with Gasteiger partial charge in [-0.15, -0.1) is 0 Å². The number of benzene rings is 2. The van der Waals surface area contributed by atoms with E-state index in [9.17, 15) is 14.0 Å². The molecule has 6 heteroatoms. The maximum Gasteiger partial charge on any atom is 0.255 e. The number of amides is 2. The number of hydrogen-bond acceptors (Lipinski definition) is 3. The van der Waals surface area contributed by atoms with Crippen LogP contribution in [0.5, 0.6) is 5.75 Å². The number of nitrogens with zero attached hydrogens (tertiary/aromatic N) is 1. The van der Waals surface area contributed by atoms with Crippen molar-refractivity contribution < 1.29 is 18.7 Å². The smallest absolute Gasteiger partial charge is 0.255 e. The Hall–Kier alpha value is -2.89. The molecule has 0 spiro atoms. The molecule has 0 saturated heterocycles. The summed E-state index contributed by atoms with van der Waals surface area (Å²) in [6, 6.07) is 10.6. The summed E-state index contributed by atoms with van der Waals surface area (Å²) in [7, 11) is 0. The van der Waals surface area contributed by atoms with Crippen molar-refractivity contribution in [3.8, 4) is 5.75 Å². The summed E-state index contributed by atoms with van der Waals surface area (Å²) in [4.78, 5) is 27.1. The fourth-order valence-electron chi connectivity index (χ4n) is 3.08. The highest BCUT2D eigenvalue weighted by Crippen LogP contribution is 2.38. The van der Waals surface area contributed by atoms with Crippen molar-refractivity contribution in [3.05, 3.63) is 53.8 Å². The van der Waals surface area contributed by atoms with Crippen LogP contribution in [-0.4, -0.2) is 25.0 Å². The van der Waals surface area contributed by atoms with Crippen LogP contribution in [0.2, 0.25) is 0 Å². The van der Waals surface area contributed by atoms with Crippen molar-refractivity contribution >= 4 is 23.2 Å². The Balaban J connectivity index is 1.89. The number of rotatable bonds is 4. The van der Waals surface area contributed by atoms with Gasteiger partial charge < -0.3 is 15.0 Å². The third kappa shape index (κ3) is 4.16. The second kappa shape index (κ2) is 7.62. The monoisotopic (exact) mass is 384 g/mol. The molecule has 1 aliphatic rings. The zero-order valence-electron chi connectivity index (χ0n) is 16.6. The van der Waals surface area contributed by atoms with E-state index in [2.05, 4.69) is 19.2 Å². The minimum absolute atomic E-state index is 0.0167. The van der Waals surface area contributed by atoms with Crippen LogP contribution in [0.15, 0.2) is 42.5 Å². The van der Waals surface area contributed by atoms with E-state index in [0.29, 0.717) is 35.2 Å². The molecule has 0 fully saturated rings. The highest BCUT2D eigenvalue weighted by atomic mass is 19.1. The highest BCUT2D eigenvalue weighted by molar-refractivity contribution is 6.05. The summed E-state index contributed by atoms with van der Waals surface area (Å²) < 4.78 is 19.0. The Morgan fingerprint density at radius 3 is 2.54 bits per heavy atom. The van der Waals surface area contributed by atoms with Gasteiger partial charge in [-0.25, -0.2) is 4.39 Å². The van der Waals surface area contributed by atoms with Crippen molar-refractivity contribution in [3.63, 3.8) is 0 Å². The molecule has 0 atom stereocenters. The fourth-order valence-corrected chi connectivity index (χ4v) is 3.08. The van der Waals surface area contributed by atoms with Crippen molar-refractivity contribution in [1.29, 1.82) is 0 Å². The van der Waals surface area contributed by atoms with E-state index in [1.807, 2.05) is 13.8 Å². The van der Waals surface area contributed by atoms with Gasteiger partial charge in [0.2, 0.25) is 5.91 Å². The standard InChI is InChI=1S/C22H25FN2O3/c1-14(2)12-25-18-10-9-17(11-19(18)28-13-22(3,4)21(25)27)24-20(26)15-5-7-16(23)8-6-15/h5-11,14H,12-13H2,1-4H3,(H,24,26). The van der Waals surface area contributed by atoms with Gasteiger partial charge in [0, 0.05) is 23.9 Å². The van der Waals surface area contributed by atoms with E-state index in [0.717, 1.165) is 0 Å². The van der Waals surface area contributed by atoms with E-state index < -0.39 is 11.2 Å². The molecule has 2 aromatic rings. The SMILES string of the molecule is CC(C)CN1C(=O)C(C)(C)COc2cc(NC(=O)c3ccc(F)cc3)ccc21. The molecule has 2 amide bonds. The Labute approximate surface area is 164 Å². The normalized spacial score (nSPS) is 15.6. The van der Waals surface area contributed by atoms with Gasteiger partial charge in [0.15, 0.2) is 0 Å². The fraction of sp³-hybridized carbons (Fsp3) is 0.364. The van der Waals surface area contributed by atoms with Crippen LogP contribution in [-0.2, 0) is 4.79 Å². The van der Waals surface area contributed by atoms with Crippen molar-refractivity contribution in [1.82, 2.24) is 0 Å². The van der Waals surface area contributed by atoms with Gasteiger partial charge in [-0.2, -0.15) is 0 Å². The van der Waals surface area contributed by atoms with Gasteiger partial charge in [-0.3, -0.25) is 9.59 Å².